The Kier molecular flexibility index (Phi) is 9.05. The van der Waals surface area contributed by atoms with Gasteiger partial charge in [-0.15, -0.1) is 0 Å². The van der Waals surface area contributed by atoms with Gasteiger partial charge in [-0.3, -0.25) is 4.79 Å². The second kappa shape index (κ2) is 12.2. The highest BCUT2D eigenvalue weighted by atomic mass is 79.9. The average Bonchev–Trinajstić information content (AvgIpc) is 2.87. The molecule has 3 aromatic carbocycles. The number of aromatic nitrogens is 2. The van der Waals surface area contributed by atoms with Gasteiger partial charge in [0.25, 0.3) is 5.56 Å². The first-order chi connectivity index (χ1) is 17.8. The number of fused-ring (bicyclic) bond motifs is 1. The summed E-state index contributed by atoms with van der Waals surface area (Å²) in [4.78, 5) is 18.0. The van der Waals surface area contributed by atoms with Gasteiger partial charge in [-0.2, -0.15) is 9.78 Å². The Labute approximate surface area is 237 Å². The zero-order valence-electron chi connectivity index (χ0n) is 20.7. The monoisotopic (exact) mass is 645 g/mol. The van der Waals surface area contributed by atoms with Crippen LogP contribution in [0.1, 0.15) is 42.8 Å². The molecule has 6 nitrogen and oxygen atoms in total. The molecule has 0 aliphatic heterocycles. The van der Waals surface area contributed by atoms with Crippen LogP contribution in [0.2, 0.25) is 5.02 Å². The molecule has 4 rings (SSSR count). The van der Waals surface area contributed by atoms with E-state index in [0.717, 1.165) is 22.0 Å². The Morgan fingerprint density at radius 1 is 1.11 bits per heavy atom. The van der Waals surface area contributed by atoms with Crippen molar-refractivity contribution in [3.8, 4) is 11.5 Å². The molecule has 0 bridgehead atoms. The fourth-order valence-corrected chi connectivity index (χ4v) is 4.89. The molecule has 1 heterocycles. The summed E-state index contributed by atoms with van der Waals surface area (Å²) in [5.41, 5.74) is 3.22. The van der Waals surface area contributed by atoms with E-state index >= 15 is 0 Å². The topological polar surface area (TPSA) is 65.7 Å². The van der Waals surface area contributed by atoms with Crippen LogP contribution >= 0.6 is 43.5 Å². The highest BCUT2D eigenvalue weighted by Crippen LogP contribution is 2.42. The lowest BCUT2D eigenvalue weighted by Crippen LogP contribution is -2.22. The maximum Gasteiger partial charge on any atom is 0.282 e. The summed E-state index contributed by atoms with van der Waals surface area (Å²) in [6.07, 6.45) is 3.01. The molecule has 0 atom stereocenters. The van der Waals surface area contributed by atoms with Crippen molar-refractivity contribution in [2.24, 2.45) is 5.10 Å². The molecular formula is C28H26Br2ClN3O3. The van der Waals surface area contributed by atoms with Crippen molar-refractivity contribution in [3.63, 3.8) is 0 Å². The molecule has 0 N–H and O–H groups in total. The van der Waals surface area contributed by atoms with Crippen molar-refractivity contribution in [2.45, 2.75) is 40.2 Å². The third-order valence-electron chi connectivity index (χ3n) is 5.58. The number of hydrogen-bond donors (Lipinski definition) is 0. The van der Waals surface area contributed by atoms with Crippen LogP contribution in [0.5, 0.6) is 11.5 Å². The van der Waals surface area contributed by atoms with Crippen LogP contribution in [0.3, 0.4) is 0 Å². The Morgan fingerprint density at radius 3 is 2.65 bits per heavy atom. The fourth-order valence-electron chi connectivity index (χ4n) is 3.87. The number of nitrogens with zero attached hydrogens (tertiary/aromatic N) is 3. The average molecular weight is 648 g/mol. The van der Waals surface area contributed by atoms with Crippen molar-refractivity contribution in [3.05, 3.63) is 95.4 Å². The van der Waals surface area contributed by atoms with Crippen LogP contribution in [0.4, 0.5) is 0 Å². The first-order valence-electron chi connectivity index (χ1n) is 11.9. The van der Waals surface area contributed by atoms with Crippen molar-refractivity contribution in [1.29, 1.82) is 0 Å². The summed E-state index contributed by atoms with van der Waals surface area (Å²) < 4.78 is 14.7. The van der Waals surface area contributed by atoms with Gasteiger partial charge in [-0.05, 0) is 66.0 Å². The highest BCUT2D eigenvalue weighted by Gasteiger charge is 2.18. The van der Waals surface area contributed by atoms with Crippen molar-refractivity contribution < 1.29 is 9.47 Å². The second-order valence-corrected chi connectivity index (χ2v) is 10.5. The molecule has 0 aliphatic carbocycles. The van der Waals surface area contributed by atoms with Gasteiger partial charge in [0.2, 0.25) is 0 Å². The van der Waals surface area contributed by atoms with Crippen LogP contribution in [-0.4, -0.2) is 22.5 Å². The Balaban J connectivity index is 1.74. The molecule has 0 saturated heterocycles. The molecule has 0 fully saturated rings. The molecule has 0 aliphatic rings. The third kappa shape index (κ3) is 6.25. The van der Waals surface area contributed by atoms with Gasteiger partial charge >= 0.3 is 0 Å². The number of rotatable bonds is 9. The van der Waals surface area contributed by atoms with Gasteiger partial charge in [0.1, 0.15) is 17.5 Å². The zero-order valence-corrected chi connectivity index (χ0v) is 24.7. The number of benzene rings is 3. The van der Waals surface area contributed by atoms with Crippen LogP contribution in [0.15, 0.2) is 67.4 Å². The van der Waals surface area contributed by atoms with Crippen molar-refractivity contribution >= 4 is 60.6 Å². The normalized spacial score (nSPS) is 11.4. The molecule has 0 radical (unpaired) electrons. The first-order valence-corrected chi connectivity index (χ1v) is 13.9. The minimum Gasteiger partial charge on any atom is -0.490 e. The molecule has 1 aromatic heterocycles. The molecule has 0 spiro atoms. The molecular weight excluding hydrogens is 622 g/mol. The Hall–Kier alpha value is -2.68. The molecule has 192 valence electrons. The van der Waals surface area contributed by atoms with E-state index in [1.165, 1.54) is 4.68 Å². The van der Waals surface area contributed by atoms with Gasteiger partial charge in [-0.1, -0.05) is 64.3 Å². The van der Waals surface area contributed by atoms with Gasteiger partial charge in [0.15, 0.2) is 11.5 Å². The van der Waals surface area contributed by atoms with E-state index in [1.807, 2.05) is 51.1 Å². The predicted octanol–water partition coefficient (Wildman–Crippen LogP) is 7.70. The lowest BCUT2D eigenvalue weighted by molar-refractivity contribution is 0.269. The van der Waals surface area contributed by atoms with Gasteiger partial charge in [0, 0.05) is 20.9 Å². The summed E-state index contributed by atoms with van der Waals surface area (Å²) in [6, 6.07) is 15.3. The minimum atomic E-state index is -0.239. The van der Waals surface area contributed by atoms with E-state index in [0.29, 0.717) is 62.9 Å². The van der Waals surface area contributed by atoms with Crippen molar-refractivity contribution in [1.82, 2.24) is 9.66 Å². The van der Waals surface area contributed by atoms with E-state index in [9.17, 15) is 4.79 Å². The summed E-state index contributed by atoms with van der Waals surface area (Å²) in [5.74, 6) is 1.52. The van der Waals surface area contributed by atoms with Crippen LogP contribution in [-0.2, 0) is 13.0 Å². The van der Waals surface area contributed by atoms with Gasteiger partial charge in [0.05, 0.1) is 23.7 Å². The molecule has 9 heteroatoms. The largest absolute Gasteiger partial charge is 0.490 e. The summed E-state index contributed by atoms with van der Waals surface area (Å²) in [6.45, 7) is 6.73. The van der Waals surface area contributed by atoms with E-state index in [-0.39, 0.29) is 5.56 Å². The summed E-state index contributed by atoms with van der Waals surface area (Å²) in [5, 5.41) is 5.37. The van der Waals surface area contributed by atoms with Gasteiger partial charge < -0.3 is 9.47 Å². The second-order valence-electron chi connectivity index (χ2n) is 8.43. The molecule has 0 saturated carbocycles. The maximum absolute atomic E-state index is 13.3. The Bertz CT molecular complexity index is 1540. The number of hydrogen-bond acceptors (Lipinski definition) is 5. The van der Waals surface area contributed by atoms with E-state index < -0.39 is 0 Å². The predicted molar refractivity (Wildman–Crippen MR) is 157 cm³/mol. The fraction of sp³-hybridized carbons (Fsp3) is 0.250. The van der Waals surface area contributed by atoms with Crippen LogP contribution in [0.25, 0.3) is 10.9 Å². The number of aryl methyl sites for hydroxylation is 2. The number of halogens is 3. The summed E-state index contributed by atoms with van der Waals surface area (Å²) in [7, 11) is 0. The van der Waals surface area contributed by atoms with Gasteiger partial charge in [-0.25, -0.2) is 4.98 Å². The standard InChI is InChI=1S/C28H26Br2ClN3O3/c1-4-7-24-33-22-11-10-20(29)14-21(22)28(35)34(24)32-15-19-13-23(36-5-2)27(26(31)25(19)30)37-16-18-9-6-8-17(3)12-18/h6,8-15H,4-5,7,16H2,1-3H3. The van der Waals surface area contributed by atoms with E-state index in [2.05, 4.69) is 48.0 Å². The Morgan fingerprint density at radius 2 is 1.92 bits per heavy atom. The first kappa shape index (κ1) is 27.4. The molecule has 0 amide bonds. The van der Waals surface area contributed by atoms with Crippen LogP contribution < -0.4 is 15.0 Å². The summed E-state index contributed by atoms with van der Waals surface area (Å²) >= 11 is 13.7. The quantitative estimate of drug-likeness (QED) is 0.175. The van der Waals surface area contributed by atoms with E-state index in [4.69, 9.17) is 21.1 Å². The van der Waals surface area contributed by atoms with E-state index in [1.54, 1.807) is 18.3 Å². The highest BCUT2D eigenvalue weighted by molar-refractivity contribution is 9.10. The maximum atomic E-state index is 13.3. The lowest BCUT2D eigenvalue weighted by Gasteiger charge is -2.16. The number of ether oxygens (including phenoxy) is 2. The SMILES string of the molecule is CCCc1nc2ccc(Br)cc2c(=O)n1N=Cc1cc(OCC)c(OCc2cccc(C)c2)c(Cl)c1Br. The zero-order chi connectivity index (χ0) is 26.5. The lowest BCUT2D eigenvalue weighted by atomic mass is 10.1. The molecule has 4 aromatic rings. The molecule has 0 unspecified atom stereocenters. The van der Waals surface area contributed by atoms with Crippen LogP contribution in [0, 0.1) is 6.92 Å². The third-order valence-corrected chi connectivity index (χ3v) is 7.52. The molecule has 37 heavy (non-hydrogen) atoms. The minimum absolute atomic E-state index is 0.239. The van der Waals surface area contributed by atoms with Crippen molar-refractivity contribution in [2.75, 3.05) is 6.61 Å². The smallest absolute Gasteiger partial charge is 0.282 e.